The van der Waals surface area contributed by atoms with Crippen LogP contribution in [0, 0.1) is 0 Å². The number of para-hydroxylation sites is 1. The molecule has 18 heavy (non-hydrogen) atoms. The van der Waals surface area contributed by atoms with Gasteiger partial charge in [-0.1, -0.05) is 18.2 Å². The number of amides is 2. The number of piperazine rings is 1. The van der Waals surface area contributed by atoms with Crippen LogP contribution in [-0.2, 0) is 9.59 Å². The van der Waals surface area contributed by atoms with Crippen molar-refractivity contribution in [2.24, 2.45) is 0 Å². The van der Waals surface area contributed by atoms with Crippen molar-refractivity contribution in [1.82, 2.24) is 10.2 Å². The molecule has 1 aliphatic heterocycles. The third-order valence-electron chi connectivity index (χ3n) is 2.91. The topological polar surface area (TPSA) is 61.4 Å². The van der Waals surface area contributed by atoms with Crippen LogP contribution in [-0.4, -0.2) is 42.4 Å². The number of hydrogen-bond acceptors (Lipinski definition) is 3. The first-order valence-electron chi connectivity index (χ1n) is 6.04. The van der Waals surface area contributed by atoms with E-state index < -0.39 is 0 Å². The Hall–Kier alpha value is -1.88. The number of rotatable bonds is 3. The predicted molar refractivity (Wildman–Crippen MR) is 69.1 cm³/mol. The quantitative estimate of drug-likeness (QED) is 0.815. The summed E-state index contributed by atoms with van der Waals surface area (Å²) < 4.78 is 0. The van der Waals surface area contributed by atoms with Crippen molar-refractivity contribution in [3.63, 3.8) is 0 Å². The number of nitrogens with one attached hydrogen (secondary N) is 2. The van der Waals surface area contributed by atoms with Gasteiger partial charge in [0.15, 0.2) is 0 Å². The Morgan fingerprint density at radius 1 is 1.44 bits per heavy atom. The van der Waals surface area contributed by atoms with Crippen LogP contribution in [0.5, 0.6) is 0 Å². The van der Waals surface area contributed by atoms with Crippen molar-refractivity contribution in [3.8, 4) is 0 Å². The Balaban J connectivity index is 1.89. The Labute approximate surface area is 106 Å². The maximum Gasteiger partial charge on any atom is 0.243 e. The van der Waals surface area contributed by atoms with Gasteiger partial charge in [-0.2, -0.15) is 0 Å². The molecule has 0 radical (unpaired) electrons. The van der Waals surface area contributed by atoms with Gasteiger partial charge < -0.3 is 15.5 Å². The van der Waals surface area contributed by atoms with E-state index in [9.17, 15) is 9.59 Å². The Kier molecular flexibility index (Phi) is 3.94. The zero-order valence-corrected chi connectivity index (χ0v) is 10.3. The smallest absolute Gasteiger partial charge is 0.243 e. The van der Waals surface area contributed by atoms with E-state index >= 15 is 0 Å². The largest absolute Gasteiger partial charge is 0.331 e. The average molecular weight is 247 g/mol. The van der Waals surface area contributed by atoms with Gasteiger partial charge in [0.1, 0.15) is 0 Å². The normalized spacial score (nSPS) is 19.7. The molecule has 1 aliphatic rings. The summed E-state index contributed by atoms with van der Waals surface area (Å²) in [5.41, 5.74) is 0.748. The van der Waals surface area contributed by atoms with E-state index in [4.69, 9.17) is 0 Å². The van der Waals surface area contributed by atoms with E-state index in [0.717, 1.165) is 12.2 Å². The fraction of sp³-hybridized carbons (Fsp3) is 0.385. The monoisotopic (exact) mass is 247 g/mol. The highest BCUT2D eigenvalue weighted by molar-refractivity contribution is 5.95. The molecule has 0 saturated carbocycles. The van der Waals surface area contributed by atoms with Gasteiger partial charge in [-0.25, -0.2) is 0 Å². The SMILES string of the molecule is CC1NCCN(CC(=O)Nc2ccccc2)C1=O. The van der Waals surface area contributed by atoms with Crippen LogP contribution in [0.15, 0.2) is 30.3 Å². The molecule has 1 fully saturated rings. The van der Waals surface area contributed by atoms with Crippen LogP contribution in [0.4, 0.5) is 5.69 Å². The molecule has 0 aromatic heterocycles. The number of benzene rings is 1. The fourth-order valence-electron chi connectivity index (χ4n) is 1.94. The summed E-state index contributed by atoms with van der Waals surface area (Å²) in [6.45, 7) is 3.22. The first-order chi connectivity index (χ1) is 8.66. The number of hydrogen-bond donors (Lipinski definition) is 2. The van der Waals surface area contributed by atoms with Crippen LogP contribution < -0.4 is 10.6 Å². The number of anilines is 1. The molecule has 1 unspecified atom stereocenters. The molecule has 1 atom stereocenters. The van der Waals surface area contributed by atoms with E-state index in [1.54, 1.807) is 4.90 Å². The van der Waals surface area contributed by atoms with Crippen molar-refractivity contribution < 1.29 is 9.59 Å². The van der Waals surface area contributed by atoms with E-state index in [1.807, 2.05) is 37.3 Å². The second kappa shape index (κ2) is 5.64. The molecule has 1 aromatic carbocycles. The first kappa shape index (κ1) is 12.6. The van der Waals surface area contributed by atoms with Crippen LogP contribution in [0.2, 0.25) is 0 Å². The molecule has 1 aromatic rings. The molecule has 96 valence electrons. The molecule has 2 N–H and O–H groups in total. The van der Waals surface area contributed by atoms with Gasteiger partial charge in [0, 0.05) is 18.8 Å². The number of carbonyl (C=O) groups excluding carboxylic acids is 2. The Bertz CT molecular complexity index is 433. The van der Waals surface area contributed by atoms with Crippen LogP contribution in [0.1, 0.15) is 6.92 Å². The highest BCUT2D eigenvalue weighted by Gasteiger charge is 2.25. The molecule has 1 saturated heterocycles. The van der Waals surface area contributed by atoms with Gasteiger partial charge >= 0.3 is 0 Å². The van der Waals surface area contributed by atoms with Gasteiger partial charge in [-0.15, -0.1) is 0 Å². The van der Waals surface area contributed by atoms with E-state index in [0.29, 0.717) is 6.54 Å². The minimum absolute atomic E-state index is 0.0236. The van der Waals surface area contributed by atoms with Crippen LogP contribution in [0.25, 0.3) is 0 Å². The van der Waals surface area contributed by atoms with Gasteiger partial charge in [-0.05, 0) is 19.1 Å². The number of nitrogens with zero attached hydrogens (tertiary/aromatic N) is 1. The summed E-state index contributed by atoms with van der Waals surface area (Å²) in [6, 6.07) is 9.03. The van der Waals surface area contributed by atoms with Crippen molar-refractivity contribution in [3.05, 3.63) is 30.3 Å². The lowest BCUT2D eigenvalue weighted by molar-refractivity contribution is -0.138. The van der Waals surface area contributed by atoms with E-state index in [1.165, 1.54) is 0 Å². The summed E-state index contributed by atoms with van der Waals surface area (Å²) in [5, 5.41) is 5.83. The standard InChI is InChI=1S/C13H17N3O2/c1-10-13(18)16(8-7-14-10)9-12(17)15-11-5-3-2-4-6-11/h2-6,10,14H,7-9H2,1H3,(H,15,17). The minimum atomic E-state index is -0.205. The van der Waals surface area contributed by atoms with Crippen molar-refractivity contribution in [2.75, 3.05) is 25.0 Å². The molecule has 1 heterocycles. The molecule has 5 nitrogen and oxygen atoms in total. The summed E-state index contributed by atoms with van der Waals surface area (Å²) >= 11 is 0. The highest BCUT2D eigenvalue weighted by Crippen LogP contribution is 2.06. The lowest BCUT2D eigenvalue weighted by atomic mass is 10.2. The molecule has 0 aliphatic carbocycles. The summed E-state index contributed by atoms with van der Waals surface area (Å²) in [7, 11) is 0. The van der Waals surface area contributed by atoms with E-state index in [2.05, 4.69) is 10.6 Å². The lowest BCUT2D eigenvalue weighted by Crippen LogP contribution is -2.55. The van der Waals surface area contributed by atoms with Gasteiger partial charge in [0.25, 0.3) is 0 Å². The summed E-state index contributed by atoms with van der Waals surface area (Å²) in [4.78, 5) is 25.2. The van der Waals surface area contributed by atoms with Crippen molar-refractivity contribution in [1.29, 1.82) is 0 Å². The second-order valence-corrected chi connectivity index (χ2v) is 4.35. The molecular formula is C13H17N3O2. The zero-order chi connectivity index (χ0) is 13.0. The summed E-state index contributed by atoms with van der Waals surface area (Å²) in [6.07, 6.45) is 0. The highest BCUT2D eigenvalue weighted by atomic mass is 16.2. The molecule has 2 rings (SSSR count). The molecule has 0 bridgehead atoms. The average Bonchev–Trinajstić information content (AvgIpc) is 2.36. The summed E-state index contributed by atoms with van der Waals surface area (Å²) in [5.74, 6) is -0.187. The fourth-order valence-corrected chi connectivity index (χ4v) is 1.94. The molecule has 0 spiro atoms. The first-order valence-corrected chi connectivity index (χ1v) is 6.04. The van der Waals surface area contributed by atoms with Gasteiger partial charge in [-0.3, -0.25) is 9.59 Å². The third-order valence-corrected chi connectivity index (χ3v) is 2.91. The Morgan fingerprint density at radius 3 is 2.89 bits per heavy atom. The second-order valence-electron chi connectivity index (χ2n) is 4.35. The van der Waals surface area contributed by atoms with Gasteiger partial charge in [0.2, 0.25) is 11.8 Å². The van der Waals surface area contributed by atoms with E-state index in [-0.39, 0.29) is 24.4 Å². The molecule has 5 heteroatoms. The number of carbonyl (C=O) groups is 2. The van der Waals surface area contributed by atoms with Crippen molar-refractivity contribution in [2.45, 2.75) is 13.0 Å². The molecule has 2 amide bonds. The maximum atomic E-state index is 11.8. The Morgan fingerprint density at radius 2 is 2.17 bits per heavy atom. The maximum absolute atomic E-state index is 11.8. The zero-order valence-electron chi connectivity index (χ0n) is 10.3. The van der Waals surface area contributed by atoms with Crippen molar-refractivity contribution >= 4 is 17.5 Å². The minimum Gasteiger partial charge on any atom is -0.331 e. The van der Waals surface area contributed by atoms with Crippen LogP contribution in [0.3, 0.4) is 0 Å². The lowest BCUT2D eigenvalue weighted by Gasteiger charge is -2.30. The third kappa shape index (κ3) is 3.07. The van der Waals surface area contributed by atoms with Crippen LogP contribution >= 0.6 is 0 Å². The predicted octanol–water partition coefficient (Wildman–Crippen LogP) is 0.445. The van der Waals surface area contributed by atoms with Gasteiger partial charge in [0.05, 0.1) is 12.6 Å². The molecular weight excluding hydrogens is 230 g/mol.